The Hall–Kier alpha value is -1.58. The van der Waals surface area contributed by atoms with Gasteiger partial charge in [0.1, 0.15) is 11.5 Å². The van der Waals surface area contributed by atoms with Crippen molar-refractivity contribution in [2.75, 3.05) is 7.05 Å². The van der Waals surface area contributed by atoms with Crippen molar-refractivity contribution in [2.24, 2.45) is 5.73 Å². The molecule has 1 heterocycles. The summed E-state index contributed by atoms with van der Waals surface area (Å²) in [5, 5.41) is 0. The fourth-order valence-corrected chi connectivity index (χ4v) is 2.02. The van der Waals surface area contributed by atoms with Gasteiger partial charge in [-0.25, -0.2) is 0 Å². The molecule has 2 N–H and O–H groups in total. The van der Waals surface area contributed by atoms with Crippen LogP contribution in [0.3, 0.4) is 0 Å². The predicted molar refractivity (Wildman–Crippen MR) is 72.9 cm³/mol. The van der Waals surface area contributed by atoms with Crippen LogP contribution in [0.4, 0.5) is 0 Å². The molecule has 0 radical (unpaired) electrons. The van der Waals surface area contributed by atoms with Crippen LogP contribution in [0, 0.1) is 6.92 Å². The Bertz CT molecular complexity index is 505. The topological polar surface area (TPSA) is 42.4 Å². The molecule has 2 rings (SSSR count). The van der Waals surface area contributed by atoms with E-state index in [1.807, 2.05) is 12.1 Å². The second-order valence-corrected chi connectivity index (χ2v) is 4.67. The highest BCUT2D eigenvalue weighted by atomic mass is 16.3. The molecule has 0 aliphatic rings. The van der Waals surface area contributed by atoms with E-state index in [1.165, 1.54) is 11.1 Å². The van der Waals surface area contributed by atoms with Crippen molar-refractivity contribution in [1.29, 1.82) is 0 Å². The molecule has 0 amide bonds. The highest BCUT2D eigenvalue weighted by Crippen LogP contribution is 2.13. The number of hydrogen-bond acceptors (Lipinski definition) is 3. The molecule has 0 aliphatic carbocycles. The lowest BCUT2D eigenvalue weighted by Gasteiger charge is -2.16. The van der Waals surface area contributed by atoms with Crippen molar-refractivity contribution in [2.45, 2.75) is 26.6 Å². The molecule has 1 aromatic carbocycles. The summed E-state index contributed by atoms with van der Waals surface area (Å²) in [6.45, 7) is 4.32. The number of rotatable bonds is 5. The van der Waals surface area contributed by atoms with Gasteiger partial charge in [-0.2, -0.15) is 0 Å². The van der Waals surface area contributed by atoms with Gasteiger partial charge in [-0.05, 0) is 37.2 Å². The Morgan fingerprint density at radius 3 is 2.44 bits per heavy atom. The lowest BCUT2D eigenvalue weighted by molar-refractivity contribution is 0.283. The molecule has 0 spiro atoms. The van der Waals surface area contributed by atoms with Crippen LogP contribution in [0.15, 0.2) is 40.8 Å². The summed E-state index contributed by atoms with van der Waals surface area (Å²) in [6, 6.07) is 12.4. The lowest BCUT2D eigenvalue weighted by atomic mass is 10.1. The summed E-state index contributed by atoms with van der Waals surface area (Å²) >= 11 is 0. The maximum Gasteiger partial charge on any atom is 0.118 e. The van der Waals surface area contributed by atoms with Crippen LogP contribution >= 0.6 is 0 Å². The molecule has 0 fully saturated rings. The van der Waals surface area contributed by atoms with E-state index in [4.69, 9.17) is 10.2 Å². The Balaban J connectivity index is 1.96. The lowest BCUT2D eigenvalue weighted by Crippen LogP contribution is -2.17. The maximum absolute atomic E-state index is 5.60. The van der Waals surface area contributed by atoms with Gasteiger partial charge in [0.15, 0.2) is 0 Å². The Kier molecular flexibility index (Phi) is 4.18. The van der Waals surface area contributed by atoms with Crippen molar-refractivity contribution in [3.8, 4) is 0 Å². The third-order valence-electron chi connectivity index (χ3n) is 3.05. The summed E-state index contributed by atoms with van der Waals surface area (Å²) < 4.78 is 5.60. The minimum atomic E-state index is 0.460. The first-order chi connectivity index (χ1) is 8.69. The van der Waals surface area contributed by atoms with Crippen LogP contribution in [0.2, 0.25) is 0 Å². The molecule has 0 saturated carbocycles. The van der Waals surface area contributed by atoms with Gasteiger partial charge in [0.25, 0.3) is 0 Å². The van der Waals surface area contributed by atoms with E-state index in [9.17, 15) is 0 Å². The van der Waals surface area contributed by atoms with Crippen molar-refractivity contribution >= 4 is 0 Å². The van der Waals surface area contributed by atoms with Gasteiger partial charge in [-0.1, -0.05) is 24.3 Å². The van der Waals surface area contributed by atoms with E-state index in [0.717, 1.165) is 24.6 Å². The second kappa shape index (κ2) is 5.85. The molecule has 96 valence electrons. The number of benzene rings is 1. The highest BCUT2D eigenvalue weighted by molar-refractivity contribution is 5.25. The standard InChI is InChI=1S/C15H20N2O/c1-12-5-3-4-6-13(12)10-17(2)11-15-8-7-14(9-16)18-15/h3-8H,9-11,16H2,1-2H3. The number of nitrogens with two attached hydrogens (primary N) is 1. The smallest absolute Gasteiger partial charge is 0.118 e. The third-order valence-corrected chi connectivity index (χ3v) is 3.05. The molecule has 3 nitrogen and oxygen atoms in total. The Morgan fingerprint density at radius 1 is 1.06 bits per heavy atom. The zero-order valence-corrected chi connectivity index (χ0v) is 11.0. The Morgan fingerprint density at radius 2 is 1.78 bits per heavy atom. The van der Waals surface area contributed by atoms with Crippen LogP contribution in [-0.2, 0) is 19.6 Å². The van der Waals surface area contributed by atoms with Gasteiger partial charge >= 0.3 is 0 Å². The van der Waals surface area contributed by atoms with E-state index in [1.54, 1.807) is 0 Å². The normalized spacial score (nSPS) is 11.1. The monoisotopic (exact) mass is 244 g/mol. The van der Waals surface area contributed by atoms with Crippen LogP contribution in [-0.4, -0.2) is 11.9 Å². The molecular weight excluding hydrogens is 224 g/mol. The average molecular weight is 244 g/mol. The SMILES string of the molecule is Cc1ccccc1CN(C)Cc1ccc(CN)o1. The second-order valence-electron chi connectivity index (χ2n) is 4.67. The van der Waals surface area contributed by atoms with E-state index in [-0.39, 0.29) is 0 Å². The summed E-state index contributed by atoms with van der Waals surface area (Å²) in [6.07, 6.45) is 0. The Labute approximate surface area is 108 Å². The van der Waals surface area contributed by atoms with Crippen molar-refractivity contribution in [3.63, 3.8) is 0 Å². The zero-order valence-electron chi connectivity index (χ0n) is 11.0. The largest absolute Gasteiger partial charge is 0.463 e. The fourth-order valence-electron chi connectivity index (χ4n) is 2.02. The summed E-state index contributed by atoms with van der Waals surface area (Å²) in [4.78, 5) is 2.24. The van der Waals surface area contributed by atoms with Gasteiger partial charge in [0.05, 0.1) is 13.1 Å². The van der Waals surface area contributed by atoms with Gasteiger partial charge < -0.3 is 10.2 Å². The number of furan rings is 1. The van der Waals surface area contributed by atoms with Gasteiger partial charge in [0.2, 0.25) is 0 Å². The molecule has 18 heavy (non-hydrogen) atoms. The summed E-state index contributed by atoms with van der Waals surface area (Å²) in [5.41, 5.74) is 8.21. The van der Waals surface area contributed by atoms with Crippen LogP contribution in [0.1, 0.15) is 22.6 Å². The molecule has 0 atom stereocenters. The molecule has 3 heteroatoms. The molecule has 0 unspecified atom stereocenters. The molecule has 0 saturated heterocycles. The minimum Gasteiger partial charge on any atom is -0.463 e. The minimum absolute atomic E-state index is 0.460. The van der Waals surface area contributed by atoms with E-state index in [0.29, 0.717) is 6.54 Å². The summed E-state index contributed by atoms with van der Waals surface area (Å²) in [7, 11) is 2.09. The van der Waals surface area contributed by atoms with Crippen molar-refractivity contribution in [1.82, 2.24) is 4.90 Å². The van der Waals surface area contributed by atoms with Crippen LogP contribution in [0.5, 0.6) is 0 Å². The molecule has 0 aliphatic heterocycles. The molecule has 0 bridgehead atoms. The third kappa shape index (κ3) is 3.22. The predicted octanol–water partition coefficient (Wildman–Crippen LogP) is 2.68. The van der Waals surface area contributed by atoms with E-state index in [2.05, 4.69) is 43.1 Å². The van der Waals surface area contributed by atoms with Crippen molar-refractivity contribution < 1.29 is 4.42 Å². The molecular formula is C15H20N2O. The number of aryl methyl sites for hydroxylation is 1. The van der Waals surface area contributed by atoms with Gasteiger partial charge in [-0.15, -0.1) is 0 Å². The summed E-state index contributed by atoms with van der Waals surface area (Å²) in [5.74, 6) is 1.81. The molecule has 1 aromatic heterocycles. The first kappa shape index (κ1) is 12.9. The maximum atomic E-state index is 5.60. The van der Waals surface area contributed by atoms with Crippen LogP contribution in [0.25, 0.3) is 0 Å². The van der Waals surface area contributed by atoms with Crippen LogP contribution < -0.4 is 5.73 Å². The fraction of sp³-hybridized carbons (Fsp3) is 0.333. The number of nitrogens with zero attached hydrogens (tertiary/aromatic N) is 1. The average Bonchev–Trinajstić information content (AvgIpc) is 2.80. The number of hydrogen-bond donors (Lipinski definition) is 1. The quantitative estimate of drug-likeness (QED) is 0.879. The highest BCUT2D eigenvalue weighted by Gasteiger charge is 2.06. The van der Waals surface area contributed by atoms with Gasteiger partial charge in [0, 0.05) is 6.54 Å². The zero-order chi connectivity index (χ0) is 13.0. The van der Waals surface area contributed by atoms with E-state index >= 15 is 0 Å². The molecule has 2 aromatic rings. The van der Waals surface area contributed by atoms with Crippen molar-refractivity contribution in [3.05, 3.63) is 59.0 Å². The first-order valence-electron chi connectivity index (χ1n) is 6.19. The van der Waals surface area contributed by atoms with E-state index < -0.39 is 0 Å². The van der Waals surface area contributed by atoms with Gasteiger partial charge in [-0.3, -0.25) is 4.90 Å². The first-order valence-corrected chi connectivity index (χ1v) is 6.19.